The van der Waals surface area contributed by atoms with E-state index < -0.39 is 0 Å². The first kappa shape index (κ1) is 18.6. The fraction of sp³-hybridized carbons (Fsp3) is 0.417. The number of aryl methyl sites for hydroxylation is 2. The molecule has 1 N–H and O–H groups in total. The van der Waals surface area contributed by atoms with Gasteiger partial charge >= 0.3 is 0 Å². The van der Waals surface area contributed by atoms with Crippen LogP contribution in [0.5, 0.6) is 0 Å². The Labute approximate surface area is 157 Å². The topological polar surface area (TPSA) is 25.2 Å². The summed E-state index contributed by atoms with van der Waals surface area (Å²) in [6.45, 7) is 17.8. The summed E-state index contributed by atoms with van der Waals surface area (Å²) in [5, 5.41) is 4.76. The third-order valence-electron chi connectivity index (χ3n) is 5.10. The van der Waals surface area contributed by atoms with Crippen LogP contribution in [0.2, 0.25) is 0 Å². The van der Waals surface area contributed by atoms with E-state index in [4.69, 9.17) is 4.42 Å². The lowest BCUT2D eigenvalue weighted by Crippen LogP contribution is -2.12. The number of nitrogens with one attached hydrogen (secondary N) is 1. The van der Waals surface area contributed by atoms with Crippen molar-refractivity contribution in [2.45, 2.75) is 66.2 Å². The Bertz CT molecular complexity index is 925. The van der Waals surface area contributed by atoms with Crippen LogP contribution in [0.4, 0.5) is 11.4 Å². The van der Waals surface area contributed by atoms with Gasteiger partial charge in [-0.25, -0.2) is 0 Å². The molecule has 0 aliphatic rings. The van der Waals surface area contributed by atoms with Gasteiger partial charge in [-0.3, -0.25) is 0 Å². The largest absolute Gasteiger partial charge is 0.462 e. The van der Waals surface area contributed by atoms with Gasteiger partial charge in [-0.05, 0) is 59.1 Å². The van der Waals surface area contributed by atoms with Crippen LogP contribution in [-0.4, -0.2) is 0 Å². The SMILES string of the molecule is Cc1cc(C(C)(C)C)cc(C)c1Nc1coc2ccc(C(C)(C)C)cc12. The maximum absolute atomic E-state index is 5.78. The molecule has 2 aromatic carbocycles. The molecule has 0 aliphatic carbocycles. The number of hydrogen-bond acceptors (Lipinski definition) is 2. The maximum Gasteiger partial charge on any atom is 0.136 e. The van der Waals surface area contributed by atoms with Crippen LogP contribution in [-0.2, 0) is 10.8 Å². The van der Waals surface area contributed by atoms with Crippen LogP contribution in [0.25, 0.3) is 11.0 Å². The maximum atomic E-state index is 5.78. The molecule has 0 spiro atoms. The lowest BCUT2D eigenvalue weighted by atomic mass is 9.84. The zero-order valence-electron chi connectivity index (χ0n) is 17.4. The summed E-state index contributed by atoms with van der Waals surface area (Å²) in [5.74, 6) is 0. The number of rotatable bonds is 2. The van der Waals surface area contributed by atoms with Gasteiger partial charge in [0.25, 0.3) is 0 Å². The van der Waals surface area contributed by atoms with Gasteiger partial charge in [0.05, 0.1) is 5.69 Å². The van der Waals surface area contributed by atoms with Gasteiger partial charge in [-0.1, -0.05) is 59.7 Å². The summed E-state index contributed by atoms with van der Waals surface area (Å²) in [6, 6.07) is 11.1. The van der Waals surface area contributed by atoms with E-state index in [2.05, 4.69) is 91.0 Å². The fourth-order valence-corrected chi connectivity index (χ4v) is 3.32. The molecule has 0 saturated heterocycles. The number of fused-ring (bicyclic) bond motifs is 1. The predicted molar refractivity (Wildman–Crippen MR) is 113 cm³/mol. The average Bonchev–Trinajstić information content (AvgIpc) is 2.91. The Kier molecular flexibility index (Phi) is 4.42. The highest BCUT2D eigenvalue weighted by Gasteiger charge is 2.19. The first-order valence-electron chi connectivity index (χ1n) is 9.37. The van der Waals surface area contributed by atoms with Gasteiger partial charge in [0.2, 0.25) is 0 Å². The second-order valence-electron chi connectivity index (χ2n) is 9.47. The molecular weight excluding hydrogens is 318 g/mol. The third-order valence-corrected chi connectivity index (χ3v) is 5.10. The van der Waals surface area contributed by atoms with Crippen molar-refractivity contribution < 1.29 is 4.42 Å². The quantitative estimate of drug-likeness (QED) is 0.522. The summed E-state index contributed by atoms with van der Waals surface area (Å²) in [6.07, 6.45) is 1.83. The van der Waals surface area contributed by atoms with Crippen LogP contribution < -0.4 is 5.32 Å². The predicted octanol–water partition coefficient (Wildman–Crippen LogP) is 7.39. The van der Waals surface area contributed by atoms with Gasteiger partial charge in [0.1, 0.15) is 11.8 Å². The van der Waals surface area contributed by atoms with E-state index in [9.17, 15) is 0 Å². The molecule has 0 saturated carbocycles. The fourth-order valence-electron chi connectivity index (χ4n) is 3.32. The van der Waals surface area contributed by atoms with E-state index in [0.29, 0.717) is 0 Å². The minimum Gasteiger partial charge on any atom is -0.462 e. The smallest absolute Gasteiger partial charge is 0.136 e. The van der Waals surface area contributed by atoms with Gasteiger partial charge in [0, 0.05) is 11.1 Å². The molecule has 0 atom stereocenters. The van der Waals surface area contributed by atoms with Crippen molar-refractivity contribution in [1.29, 1.82) is 0 Å². The number of anilines is 2. The van der Waals surface area contributed by atoms with Crippen LogP contribution in [0.3, 0.4) is 0 Å². The Morgan fingerprint density at radius 3 is 1.88 bits per heavy atom. The summed E-state index contributed by atoms with van der Waals surface area (Å²) >= 11 is 0. The van der Waals surface area contributed by atoms with E-state index in [1.807, 2.05) is 6.26 Å². The van der Waals surface area contributed by atoms with Crippen molar-refractivity contribution >= 4 is 22.3 Å². The van der Waals surface area contributed by atoms with Gasteiger partial charge < -0.3 is 9.73 Å². The first-order chi connectivity index (χ1) is 12.0. The highest BCUT2D eigenvalue weighted by molar-refractivity contribution is 5.93. The van der Waals surface area contributed by atoms with E-state index in [1.165, 1.54) is 27.9 Å². The molecule has 0 aliphatic heterocycles. The minimum absolute atomic E-state index is 0.114. The van der Waals surface area contributed by atoms with E-state index in [0.717, 1.165) is 16.7 Å². The molecule has 1 aromatic heterocycles. The molecule has 3 rings (SSSR count). The molecule has 0 bridgehead atoms. The van der Waals surface area contributed by atoms with Crippen molar-refractivity contribution in [2.24, 2.45) is 0 Å². The first-order valence-corrected chi connectivity index (χ1v) is 9.37. The van der Waals surface area contributed by atoms with E-state index in [1.54, 1.807) is 0 Å². The van der Waals surface area contributed by atoms with Crippen molar-refractivity contribution in [3.05, 3.63) is 58.8 Å². The molecule has 0 fully saturated rings. The van der Waals surface area contributed by atoms with Crippen LogP contribution in [0.1, 0.15) is 63.8 Å². The van der Waals surface area contributed by atoms with Gasteiger partial charge in [-0.2, -0.15) is 0 Å². The molecule has 0 amide bonds. The number of furan rings is 1. The second-order valence-corrected chi connectivity index (χ2v) is 9.47. The van der Waals surface area contributed by atoms with E-state index in [-0.39, 0.29) is 10.8 Å². The molecule has 1 heterocycles. The summed E-state index contributed by atoms with van der Waals surface area (Å²) < 4.78 is 5.78. The molecule has 26 heavy (non-hydrogen) atoms. The second kappa shape index (κ2) is 6.19. The molecule has 138 valence electrons. The molecule has 0 radical (unpaired) electrons. The van der Waals surface area contributed by atoms with E-state index >= 15 is 0 Å². The van der Waals surface area contributed by atoms with Crippen LogP contribution in [0.15, 0.2) is 41.0 Å². The summed E-state index contributed by atoms with van der Waals surface area (Å²) in [4.78, 5) is 0. The van der Waals surface area contributed by atoms with Crippen molar-refractivity contribution in [1.82, 2.24) is 0 Å². The molecule has 2 heteroatoms. The molecule has 3 aromatic rings. The Hall–Kier alpha value is -2.22. The monoisotopic (exact) mass is 349 g/mol. The lowest BCUT2D eigenvalue weighted by Gasteiger charge is -2.23. The Morgan fingerprint density at radius 2 is 1.35 bits per heavy atom. The summed E-state index contributed by atoms with van der Waals surface area (Å²) in [5.41, 5.74) is 8.58. The third kappa shape index (κ3) is 3.51. The van der Waals surface area contributed by atoms with Crippen molar-refractivity contribution in [3.8, 4) is 0 Å². The zero-order chi connectivity index (χ0) is 19.3. The highest BCUT2D eigenvalue weighted by atomic mass is 16.3. The molecule has 0 unspecified atom stereocenters. The lowest BCUT2D eigenvalue weighted by molar-refractivity contribution is 0.589. The Balaban J connectivity index is 2.04. The van der Waals surface area contributed by atoms with Crippen molar-refractivity contribution in [2.75, 3.05) is 5.32 Å². The van der Waals surface area contributed by atoms with Crippen molar-refractivity contribution in [3.63, 3.8) is 0 Å². The standard InChI is InChI=1S/C24H31NO/c1-15-11-18(24(6,7)8)12-16(2)22(15)25-20-14-26-21-10-9-17(13-19(20)21)23(3,4)5/h9-14,25H,1-8H3. The van der Waals surface area contributed by atoms with Crippen LogP contribution >= 0.6 is 0 Å². The zero-order valence-corrected chi connectivity index (χ0v) is 17.4. The molecule has 2 nitrogen and oxygen atoms in total. The normalized spacial score (nSPS) is 12.6. The minimum atomic E-state index is 0.114. The summed E-state index contributed by atoms with van der Waals surface area (Å²) in [7, 11) is 0. The molecular formula is C24H31NO. The number of benzene rings is 2. The Morgan fingerprint density at radius 1 is 0.769 bits per heavy atom. The van der Waals surface area contributed by atoms with Gasteiger partial charge in [0.15, 0.2) is 0 Å². The average molecular weight is 350 g/mol. The number of hydrogen-bond donors (Lipinski definition) is 1. The highest BCUT2D eigenvalue weighted by Crippen LogP contribution is 2.36. The van der Waals surface area contributed by atoms with Gasteiger partial charge in [-0.15, -0.1) is 0 Å². The van der Waals surface area contributed by atoms with Crippen LogP contribution in [0, 0.1) is 13.8 Å².